The molecule has 2 unspecified atom stereocenters. The highest BCUT2D eigenvalue weighted by Gasteiger charge is 2.34. The first-order valence-corrected chi connectivity index (χ1v) is 18.9. The molecule has 0 N–H and O–H groups in total. The van der Waals surface area contributed by atoms with Gasteiger partial charge in [0.25, 0.3) is 0 Å². The van der Waals surface area contributed by atoms with Crippen LogP contribution in [0.3, 0.4) is 0 Å². The molecule has 3 heteroatoms. The van der Waals surface area contributed by atoms with Crippen LogP contribution in [0, 0.1) is 0 Å². The highest BCUT2D eigenvalue weighted by atomic mass is 79.9. The van der Waals surface area contributed by atoms with Crippen molar-refractivity contribution in [2.75, 3.05) is 0 Å². The molecule has 0 aliphatic heterocycles. The average molecular weight is 723 g/mol. The van der Waals surface area contributed by atoms with E-state index in [2.05, 4.69) is 223 Å². The fourth-order valence-electron chi connectivity index (χ4n) is 7.61. The van der Waals surface area contributed by atoms with Crippen molar-refractivity contribution >= 4 is 42.5 Å². The summed E-state index contributed by atoms with van der Waals surface area (Å²) in [6, 6.07) is 54.1. The number of benzene rings is 6. The van der Waals surface area contributed by atoms with E-state index >= 15 is 0 Å². The predicted octanol–water partition coefficient (Wildman–Crippen LogP) is 9.78. The maximum absolute atomic E-state index is 3.58. The van der Waals surface area contributed by atoms with E-state index in [0.717, 1.165) is 10.9 Å². The van der Waals surface area contributed by atoms with E-state index in [4.69, 9.17) is 0 Å². The molecule has 1 aliphatic carbocycles. The third-order valence-electron chi connectivity index (χ3n) is 11.5. The van der Waals surface area contributed by atoms with Gasteiger partial charge >= 0.3 is 0 Å². The van der Waals surface area contributed by atoms with Crippen molar-refractivity contribution in [3.05, 3.63) is 202 Å². The van der Waals surface area contributed by atoms with Crippen LogP contribution in [0.5, 0.6) is 0 Å². The monoisotopic (exact) mass is 722 g/mol. The number of allylic oxidation sites excluding steroid dienone is 4. The Labute approximate surface area is 315 Å². The molecule has 6 aromatic carbocycles. The van der Waals surface area contributed by atoms with E-state index in [9.17, 15) is 0 Å². The molecule has 0 radical (unpaired) electrons. The van der Waals surface area contributed by atoms with Crippen LogP contribution in [-0.2, 0) is 16.2 Å². The van der Waals surface area contributed by atoms with E-state index < -0.39 is 0 Å². The summed E-state index contributed by atoms with van der Waals surface area (Å²) < 4.78 is 1.09. The molecule has 0 nitrogen and oxygen atoms in total. The quantitative estimate of drug-likeness (QED) is 0.108. The van der Waals surface area contributed by atoms with Gasteiger partial charge in [0.15, 0.2) is 0 Å². The van der Waals surface area contributed by atoms with E-state index in [1.165, 1.54) is 66.6 Å². The summed E-state index contributed by atoms with van der Waals surface area (Å²) in [5.74, 6) is 0. The maximum atomic E-state index is 3.58. The molecule has 6 aromatic rings. The number of hydrogen-bond acceptors (Lipinski definition) is 0. The Kier molecular flexibility index (Phi) is 9.46. The highest BCUT2D eigenvalue weighted by molar-refractivity contribution is 9.10. The molecule has 2 atom stereocenters. The summed E-state index contributed by atoms with van der Waals surface area (Å²) in [7, 11) is 4.29. The molecule has 0 aromatic heterocycles. The van der Waals surface area contributed by atoms with Gasteiger partial charge in [0.1, 0.15) is 15.7 Å². The number of halogens is 1. The van der Waals surface area contributed by atoms with Crippen LogP contribution in [-0.4, -0.2) is 15.7 Å². The molecular formula is C48H45B2Br. The van der Waals surface area contributed by atoms with Gasteiger partial charge in [-0.3, -0.25) is 0 Å². The Bertz CT molecular complexity index is 2100. The molecule has 0 saturated heterocycles. The largest absolute Gasteiger partial charge is 0.139 e. The number of hydrogen-bond donors (Lipinski definition) is 0. The van der Waals surface area contributed by atoms with Gasteiger partial charge < -0.3 is 0 Å². The minimum atomic E-state index is -0.355. The van der Waals surface area contributed by atoms with Crippen LogP contribution in [0.4, 0.5) is 0 Å². The summed E-state index contributed by atoms with van der Waals surface area (Å²) in [5.41, 5.74) is 14.9. The van der Waals surface area contributed by atoms with Crippen molar-refractivity contribution in [2.24, 2.45) is 0 Å². The molecule has 0 spiro atoms. The van der Waals surface area contributed by atoms with Gasteiger partial charge in [-0.05, 0) is 81.1 Å². The molecule has 51 heavy (non-hydrogen) atoms. The summed E-state index contributed by atoms with van der Waals surface area (Å²) in [6.45, 7) is 9.44. The Morgan fingerprint density at radius 2 is 0.882 bits per heavy atom. The summed E-state index contributed by atoms with van der Waals surface area (Å²) in [6.07, 6.45) is 8.24. The Morgan fingerprint density at radius 1 is 0.510 bits per heavy atom. The molecule has 250 valence electrons. The summed E-state index contributed by atoms with van der Waals surface area (Å²) in [4.78, 5) is 0. The first-order chi connectivity index (χ1) is 24.5. The first-order valence-electron chi connectivity index (χ1n) is 18.1. The van der Waals surface area contributed by atoms with Crippen molar-refractivity contribution in [3.63, 3.8) is 0 Å². The minimum Gasteiger partial charge on any atom is -0.0889 e. The van der Waals surface area contributed by atoms with Crippen LogP contribution in [0.1, 0.15) is 61.9 Å². The normalized spacial score (nSPS) is 17.1. The number of rotatable bonds is 8. The molecular weight excluding hydrogens is 678 g/mol. The molecule has 7 rings (SSSR count). The lowest BCUT2D eigenvalue weighted by Gasteiger charge is -2.35. The van der Waals surface area contributed by atoms with Gasteiger partial charge in [-0.15, -0.1) is 0 Å². The fourth-order valence-corrected chi connectivity index (χ4v) is 7.88. The van der Waals surface area contributed by atoms with E-state index in [1.54, 1.807) is 0 Å². The molecule has 0 saturated carbocycles. The van der Waals surface area contributed by atoms with Gasteiger partial charge in [0, 0.05) is 20.7 Å². The molecule has 0 heterocycles. The van der Waals surface area contributed by atoms with Crippen molar-refractivity contribution in [1.82, 2.24) is 0 Å². The smallest absolute Gasteiger partial charge is 0.0889 e. The topological polar surface area (TPSA) is 0 Å². The van der Waals surface area contributed by atoms with E-state index in [-0.39, 0.29) is 16.2 Å². The van der Waals surface area contributed by atoms with Gasteiger partial charge in [-0.1, -0.05) is 199 Å². The van der Waals surface area contributed by atoms with Gasteiger partial charge in [-0.25, -0.2) is 0 Å². The second kappa shape index (κ2) is 13.9. The van der Waals surface area contributed by atoms with Gasteiger partial charge in [-0.2, -0.15) is 0 Å². The first kappa shape index (κ1) is 34.8. The minimum absolute atomic E-state index is 0.0147. The second-order valence-electron chi connectivity index (χ2n) is 15.3. The van der Waals surface area contributed by atoms with Crippen LogP contribution in [0.2, 0.25) is 0 Å². The van der Waals surface area contributed by atoms with Crippen molar-refractivity contribution in [2.45, 2.75) is 50.4 Å². The standard InChI is InChI=1S/C48H45B2Br/c1-46(2,38-29-31-47(3,32-30-38)39-21-25-44(50)26-22-39)37-17-19-42(20-18-37)48(4,40-13-5-33(6-14-40)35-9-23-43(49)24-10-35)41-15-7-34(8-16-41)36-11-27-45(51)28-12-36/h5-31H,32,49-50H2,1-4H3. The fraction of sp³-hybridized carbons (Fsp3) is 0.167. The zero-order valence-electron chi connectivity index (χ0n) is 30.7. The third-order valence-corrected chi connectivity index (χ3v) is 12.0. The molecule has 0 amide bonds. The summed E-state index contributed by atoms with van der Waals surface area (Å²) >= 11 is 3.58. The highest BCUT2D eigenvalue weighted by Crippen LogP contribution is 2.43. The Balaban J connectivity index is 1.22. The van der Waals surface area contributed by atoms with Gasteiger partial charge in [0.05, 0.1) is 0 Å². The van der Waals surface area contributed by atoms with Crippen LogP contribution < -0.4 is 10.9 Å². The predicted molar refractivity (Wildman–Crippen MR) is 228 cm³/mol. The lowest BCUT2D eigenvalue weighted by atomic mass is 9.68. The summed E-state index contributed by atoms with van der Waals surface area (Å²) in [5, 5.41) is 0. The zero-order valence-corrected chi connectivity index (χ0v) is 32.3. The molecule has 0 fully saturated rings. The SMILES string of the molecule is Bc1ccc(-c2ccc(C(C)(c3ccc(-c4ccc(Br)cc4)cc3)c3ccc(C(C)(C)C4=CCC(C)(c5ccc(B)cc5)C=C4)cc3)cc2)cc1. The Morgan fingerprint density at radius 3 is 1.31 bits per heavy atom. The van der Waals surface area contributed by atoms with E-state index in [0.29, 0.717) is 0 Å². The maximum Gasteiger partial charge on any atom is 0.139 e. The zero-order chi connectivity index (χ0) is 35.8. The lowest BCUT2D eigenvalue weighted by Crippen LogP contribution is -2.27. The van der Waals surface area contributed by atoms with Crippen LogP contribution in [0.25, 0.3) is 22.3 Å². The van der Waals surface area contributed by atoms with Crippen LogP contribution in [0.15, 0.2) is 174 Å². The van der Waals surface area contributed by atoms with Crippen molar-refractivity contribution in [1.29, 1.82) is 0 Å². The Hall–Kier alpha value is -4.59. The van der Waals surface area contributed by atoms with Gasteiger partial charge in [0.2, 0.25) is 0 Å². The average Bonchev–Trinajstić information content (AvgIpc) is 3.16. The second-order valence-corrected chi connectivity index (χ2v) is 16.3. The lowest BCUT2D eigenvalue weighted by molar-refractivity contribution is 0.567. The van der Waals surface area contributed by atoms with Crippen LogP contribution >= 0.6 is 15.9 Å². The van der Waals surface area contributed by atoms with Crippen molar-refractivity contribution < 1.29 is 0 Å². The molecule has 0 bridgehead atoms. The van der Waals surface area contributed by atoms with Crippen molar-refractivity contribution in [3.8, 4) is 22.3 Å². The van der Waals surface area contributed by atoms with E-state index in [1.807, 2.05) is 0 Å². The third kappa shape index (κ3) is 6.89. The molecule has 1 aliphatic rings.